The minimum absolute atomic E-state index is 0.186. The van der Waals surface area contributed by atoms with E-state index in [4.69, 9.17) is 28.7 Å². The molecule has 49 heavy (non-hydrogen) atoms. The van der Waals surface area contributed by atoms with Gasteiger partial charge in [-0.3, -0.25) is 9.36 Å². The average Bonchev–Trinajstić information content (AvgIpc) is 3.45. The number of ether oxygens (including phenoxy) is 5. The Morgan fingerprint density at radius 3 is 2.27 bits per heavy atom. The van der Waals surface area contributed by atoms with Gasteiger partial charge in [0.25, 0.3) is 5.56 Å². The van der Waals surface area contributed by atoms with Crippen LogP contribution in [0.15, 0.2) is 112 Å². The summed E-state index contributed by atoms with van der Waals surface area (Å²) < 4.78 is 30.6. The second kappa shape index (κ2) is 15.1. The molecule has 6 rings (SSSR count). The molecule has 0 N–H and O–H groups in total. The first-order valence-electron chi connectivity index (χ1n) is 15.9. The molecular weight excluding hydrogens is 641 g/mol. The normalized spacial score (nSPS) is 14.1. The quantitative estimate of drug-likeness (QED) is 0.151. The molecule has 9 nitrogen and oxygen atoms in total. The molecule has 1 aromatic heterocycles. The van der Waals surface area contributed by atoms with Crippen LogP contribution in [0.1, 0.15) is 42.1 Å². The van der Waals surface area contributed by atoms with Crippen LogP contribution in [0.3, 0.4) is 0 Å². The molecule has 0 radical (unpaired) electrons. The Morgan fingerprint density at radius 1 is 0.837 bits per heavy atom. The van der Waals surface area contributed by atoms with E-state index in [1.807, 2.05) is 104 Å². The Labute approximate surface area is 288 Å². The molecule has 250 valence electrons. The Morgan fingerprint density at radius 2 is 1.57 bits per heavy atom. The number of benzene rings is 4. The largest absolute Gasteiger partial charge is 0.497 e. The molecule has 0 amide bonds. The van der Waals surface area contributed by atoms with Crippen LogP contribution in [-0.2, 0) is 16.1 Å². The van der Waals surface area contributed by atoms with Crippen LogP contribution in [0, 0.1) is 0 Å². The van der Waals surface area contributed by atoms with E-state index in [0.29, 0.717) is 50.2 Å². The van der Waals surface area contributed by atoms with Crippen molar-refractivity contribution in [2.45, 2.75) is 26.5 Å². The van der Waals surface area contributed by atoms with Gasteiger partial charge in [-0.2, -0.15) is 0 Å². The molecule has 2 heterocycles. The van der Waals surface area contributed by atoms with Crippen LogP contribution in [-0.4, -0.2) is 38.0 Å². The lowest BCUT2D eigenvalue weighted by molar-refractivity contribution is -0.138. The summed E-state index contributed by atoms with van der Waals surface area (Å²) in [5.41, 5.74) is 3.61. The van der Waals surface area contributed by atoms with Crippen molar-refractivity contribution in [2.24, 2.45) is 4.99 Å². The van der Waals surface area contributed by atoms with Gasteiger partial charge in [-0.1, -0.05) is 78.1 Å². The maximum Gasteiger partial charge on any atom is 0.338 e. The molecule has 1 aliphatic heterocycles. The van der Waals surface area contributed by atoms with E-state index >= 15 is 0 Å². The SMILES string of the molecule is CCOC(=O)C1=C(c2ccccc2)N=c2s/c(=C\c3ccc(OCc4cc(OC)ccc4OC)c(OCC)c3)c(=O)n2[C@H]1c1ccccc1. The standard InChI is InChI=1S/C39H36N2O7S/c1-5-46-32-21-25(17-19-31(32)48-24-28-23-29(44-3)18-20-30(28)45-4)22-33-37(42)41-36(27-15-11-8-12-16-27)34(38(43)47-6-2)35(40-39(41)49-33)26-13-9-7-10-14-26/h7-23,36H,5-6,24H2,1-4H3/b33-22-/t36-/m0/s1. The predicted molar refractivity (Wildman–Crippen MR) is 189 cm³/mol. The lowest BCUT2D eigenvalue weighted by Crippen LogP contribution is -2.39. The summed E-state index contributed by atoms with van der Waals surface area (Å²) >= 11 is 1.26. The van der Waals surface area contributed by atoms with Gasteiger partial charge in [0, 0.05) is 11.1 Å². The molecule has 0 saturated carbocycles. The maximum absolute atomic E-state index is 14.2. The topological polar surface area (TPSA) is 97.6 Å². The highest BCUT2D eigenvalue weighted by atomic mass is 32.1. The van der Waals surface area contributed by atoms with E-state index in [0.717, 1.165) is 22.3 Å². The van der Waals surface area contributed by atoms with Crippen LogP contribution in [0.5, 0.6) is 23.0 Å². The van der Waals surface area contributed by atoms with E-state index < -0.39 is 12.0 Å². The summed E-state index contributed by atoms with van der Waals surface area (Å²) in [4.78, 5) is 33.3. The number of hydrogen-bond donors (Lipinski definition) is 0. The van der Waals surface area contributed by atoms with E-state index in [1.165, 1.54) is 11.3 Å². The summed E-state index contributed by atoms with van der Waals surface area (Å²) in [6, 6.07) is 29.3. The molecule has 0 unspecified atom stereocenters. The van der Waals surface area contributed by atoms with E-state index in [2.05, 4.69) is 0 Å². The van der Waals surface area contributed by atoms with Gasteiger partial charge in [0.05, 0.1) is 49.3 Å². The third-order valence-electron chi connectivity index (χ3n) is 7.93. The van der Waals surface area contributed by atoms with Crippen molar-refractivity contribution in [3.8, 4) is 23.0 Å². The lowest BCUT2D eigenvalue weighted by atomic mass is 9.93. The molecule has 5 aromatic rings. The summed E-state index contributed by atoms with van der Waals surface area (Å²) in [6.45, 7) is 4.49. The van der Waals surface area contributed by atoms with Crippen LogP contribution >= 0.6 is 11.3 Å². The van der Waals surface area contributed by atoms with E-state index in [1.54, 1.807) is 31.8 Å². The molecular formula is C39H36N2O7S. The summed E-state index contributed by atoms with van der Waals surface area (Å²) in [6.07, 6.45) is 1.81. The molecule has 10 heteroatoms. The van der Waals surface area contributed by atoms with Gasteiger partial charge >= 0.3 is 5.97 Å². The van der Waals surface area contributed by atoms with Gasteiger partial charge in [-0.25, -0.2) is 9.79 Å². The monoisotopic (exact) mass is 676 g/mol. The average molecular weight is 677 g/mol. The third-order valence-corrected chi connectivity index (χ3v) is 8.91. The van der Waals surface area contributed by atoms with Crippen LogP contribution < -0.4 is 33.8 Å². The smallest absolute Gasteiger partial charge is 0.338 e. The number of carbonyl (C=O) groups is 1. The number of nitrogens with zero attached hydrogens (tertiary/aromatic N) is 2. The zero-order valence-corrected chi connectivity index (χ0v) is 28.5. The Hall–Kier alpha value is -5.61. The fourth-order valence-corrected chi connectivity index (χ4v) is 6.70. The molecule has 0 bridgehead atoms. The number of carbonyl (C=O) groups excluding carboxylic acids is 1. The second-order valence-electron chi connectivity index (χ2n) is 10.9. The summed E-state index contributed by atoms with van der Waals surface area (Å²) in [5, 5.41) is 0. The highest BCUT2D eigenvalue weighted by Gasteiger charge is 2.35. The van der Waals surface area contributed by atoms with Gasteiger partial charge in [0.1, 0.15) is 18.1 Å². The zero-order valence-electron chi connectivity index (χ0n) is 27.7. The maximum atomic E-state index is 14.2. The van der Waals surface area contributed by atoms with Gasteiger partial charge in [-0.05, 0) is 61.4 Å². The van der Waals surface area contributed by atoms with Gasteiger partial charge in [-0.15, -0.1) is 0 Å². The first-order valence-corrected chi connectivity index (χ1v) is 16.7. The van der Waals surface area contributed by atoms with Crippen LogP contribution in [0.25, 0.3) is 11.8 Å². The molecule has 0 saturated heterocycles. The van der Waals surface area contributed by atoms with Crippen molar-refractivity contribution in [1.82, 2.24) is 4.57 Å². The number of thiazole rings is 1. The molecule has 1 atom stereocenters. The van der Waals surface area contributed by atoms with Gasteiger partial charge in [0.2, 0.25) is 0 Å². The minimum Gasteiger partial charge on any atom is -0.497 e. The van der Waals surface area contributed by atoms with Crippen molar-refractivity contribution < 1.29 is 28.5 Å². The van der Waals surface area contributed by atoms with Gasteiger partial charge < -0.3 is 23.7 Å². The van der Waals surface area contributed by atoms with Crippen LogP contribution in [0.4, 0.5) is 0 Å². The second-order valence-corrected chi connectivity index (χ2v) is 12.0. The van der Waals surface area contributed by atoms with E-state index in [9.17, 15) is 9.59 Å². The van der Waals surface area contributed by atoms with Crippen molar-refractivity contribution in [2.75, 3.05) is 27.4 Å². The number of hydrogen-bond acceptors (Lipinski definition) is 9. The molecule has 0 aliphatic carbocycles. The summed E-state index contributed by atoms with van der Waals surface area (Å²) in [7, 11) is 3.22. The zero-order chi connectivity index (χ0) is 34.3. The predicted octanol–water partition coefficient (Wildman–Crippen LogP) is 5.93. The van der Waals surface area contributed by atoms with Crippen molar-refractivity contribution in [3.63, 3.8) is 0 Å². The number of aromatic nitrogens is 1. The number of fused-ring (bicyclic) bond motifs is 1. The van der Waals surface area contributed by atoms with Crippen molar-refractivity contribution in [1.29, 1.82) is 0 Å². The van der Waals surface area contributed by atoms with Crippen molar-refractivity contribution in [3.05, 3.63) is 145 Å². The van der Waals surface area contributed by atoms with Crippen molar-refractivity contribution >= 4 is 29.1 Å². The summed E-state index contributed by atoms with van der Waals surface area (Å²) in [5.74, 6) is 1.93. The first kappa shape index (κ1) is 33.3. The molecule has 4 aromatic carbocycles. The Kier molecular flexibility index (Phi) is 10.2. The third kappa shape index (κ3) is 7.00. The minimum atomic E-state index is -0.739. The molecule has 0 fully saturated rings. The highest BCUT2D eigenvalue weighted by Crippen LogP contribution is 2.35. The molecule has 1 aliphatic rings. The van der Waals surface area contributed by atoms with Gasteiger partial charge in [0.15, 0.2) is 16.3 Å². The molecule has 0 spiro atoms. The Balaban J connectivity index is 1.44. The first-order chi connectivity index (χ1) is 23.9. The lowest BCUT2D eigenvalue weighted by Gasteiger charge is -2.25. The number of rotatable bonds is 12. The number of methoxy groups -OCH3 is 2. The van der Waals surface area contributed by atoms with E-state index in [-0.39, 0.29) is 18.8 Å². The van der Waals surface area contributed by atoms with Crippen LogP contribution in [0.2, 0.25) is 0 Å². The number of esters is 1. The fraction of sp³-hybridized carbons (Fsp3) is 0.205. The Bertz CT molecular complexity index is 2170. The highest BCUT2D eigenvalue weighted by molar-refractivity contribution is 7.07. The fourth-order valence-electron chi connectivity index (χ4n) is 5.69.